The fraction of sp³-hybridized carbons (Fsp3) is 0.333. The number of rotatable bonds is 7. The van der Waals surface area contributed by atoms with Crippen molar-refractivity contribution in [2.75, 3.05) is 6.61 Å². The molecule has 0 saturated heterocycles. The Morgan fingerprint density at radius 2 is 1.69 bits per heavy atom. The Morgan fingerprint density at radius 1 is 1.03 bits per heavy atom. The highest BCUT2D eigenvalue weighted by Crippen LogP contribution is 2.25. The van der Waals surface area contributed by atoms with Crippen LogP contribution in [0, 0.1) is 0 Å². The average molecular weight is 416 g/mol. The number of nitrogens with zero attached hydrogens (tertiary/aromatic N) is 2. The van der Waals surface area contributed by atoms with E-state index in [1.165, 1.54) is 17.7 Å². The zero-order valence-electron chi connectivity index (χ0n) is 17.0. The van der Waals surface area contributed by atoms with Crippen molar-refractivity contribution >= 4 is 10.0 Å². The van der Waals surface area contributed by atoms with Crippen LogP contribution in [0.5, 0.6) is 5.75 Å². The number of nitrogens with one attached hydrogen (secondary N) is 1. The number of sulfonamides is 1. The highest BCUT2D eigenvalue weighted by atomic mass is 32.2. The highest BCUT2D eigenvalue weighted by Gasteiger charge is 2.17. The molecular formula is C21H25N3O4S. The zero-order valence-corrected chi connectivity index (χ0v) is 17.8. The second kappa shape index (κ2) is 8.34. The van der Waals surface area contributed by atoms with Gasteiger partial charge in [0.1, 0.15) is 5.75 Å². The Labute approximate surface area is 171 Å². The van der Waals surface area contributed by atoms with E-state index in [0.717, 1.165) is 5.56 Å². The zero-order chi connectivity index (χ0) is 21.1. The molecule has 0 aliphatic rings. The van der Waals surface area contributed by atoms with Gasteiger partial charge in [0.15, 0.2) is 0 Å². The van der Waals surface area contributed by atoms with Crippen LogP contribution in [0.25, 0.3) is 11.4 Å². The summed E-state index contributed by atoms with van der Waals surface area (Å²) < 4.78 is 37.9. The number of benzene rings is 2. The molecule has 7 nitrogen and oxygen atoms in total. The average Bonchev–Trinajstić information content (AvgIpc) is 3.16. The number of hydrogen-bond acceptors (Lipinski definition) is 6. The summed E-state index contributed by atoms with van der Waals surface area (Å²) in [6.07, 6.45) is 0. The minimum absolute atomic E-state index is 0.0556. The smallest absolute Gasteiger partial charge is 0.242 e. The third-order valence-corrected chi connectivity index (χ3v) is 5.75. The van der Waals surface area contributed by atoms with Crippen molar-refractivity contribution in [1.29, 1.82) is 0 Å². The van der Waals surface area contributed by atoms with E-state index < -0.39 is 10.0 Å². The van der Waals surface area contributed by atoms with Crippen molar-refractivity contribution in [2.45, 2.75) is 44.6 Å². The minimum atomic E-state index is -3.70. The predicted molar refractivity (Wildman–Crippen MR) is 110 cm³/mol. The van der Waals surface area contributed by atoms with Gasteiger partial charge in [-0.2, -0.15) is 4.98 Å². The lowest BCUT2D eigenvalue weighted by Gasteiger charge is -2.18. The first-order valence-corrected chi connectivity index (χ1v) is 10.8. The second-order valence-corrected chi connectivity index (χ2v) is 9.33. The first-order chi connectivity index (χ1) is 13.7. The molecule has 2 aromatic carbocycles. The van der Waals surface area contributed by atoms with Crippen molar-refractivity contribution in [3.05, 3.63) is 60.0 Å². The standard InChI is InChI=1S/C21H25N3O4S/c1-5-27-17-10-12-18(13-11-17)29(25,26)22-14-19-23-20(24-28-19)15-6-8-16(9-7-15)21(2,3)4/h6-13,22H,5,14H2,1-4H3. The molecule has 0 fully saturated rings. The van der Waals surface area contributed by atoms with E-state index in [4.69, 9.17) is 9.26 Å². The molecule has 154 valence electrons. The molecule has 8 heteroatoms. The summed E-state index contributed by atoms with van der Waals surface area (Å²) in [6.45, 7) is 8.72. The van der Waals surface area contributed by atoms with Gasteiger partial charge >= 0.3 is 0 Å². The number of hydrogen-bond donors (Lipinski definition) is 1. The molecule has 1 heterocycles. The van der Waals surface area contributed by atoms with Crippen LogP contribution in [0.2, 0.25) is 0 Å². The van der Waals surface area contributed by atoms with Crippen LogP contribution in [-0.4, -0.2) is 25.2 Å². The Kier molecular flexibility index (Phi) is 6.04. The molecule has 3 aromatic rings. The third kappa shape index (κ3) is 5.21. The summed E-state index contributed by atoms with van der Waals surface area (Å²) in [7, 11) is -3.70. The molecule has 29 heavy (non-hydrogen) atoms. The number of ether oxygens (including phenoxy) is 1. The molecule has 0 spiro atoms. The van der Waals surface area contributed by atoms with Gasteiger partial charge in [0.2, 0.25) is 21.7 Å². The summed E-state index contributed by atoms with van der Waals surface area (Å²) in [4.78, 5) is 4.42. The van der Waals surface area contributed by atoms with E-state index >= 15 is 0 Å². The van der Waals surface area contributed by atoms with Gasteiger partial charge in [-0.25, -0.2) is 13.1 Å². The number of aromatic nitrogens is 2. The van der Waals surface area contributed by atoms with E-state index in [1.54, 1.807) is 12.1 Å². The van der Waals surface area contributed by atoms with Gasteiger partial charge in [-0.3, -0.25) is 0 Å². The molecule has 0 radical (unpaired) electrons. The summed E-state index contributed by atoms with van der Waals surface area (Å²) in [5.41, 5.74) is 2.07. The van der Waals surface area contributed by atoms with Gasteiger partial charge in [0, 0.05) is 5.56 Å². The van der Waals surface area contributed by atoms with Crippen LogP contribution >= 0.6 is 0 Å². The lowest BCUT2D eigenvalue weighted by molar-refractivity contribution is 0.340. The normalized spacial score (nSPS) is 12.1. The largest absolute Gasteiger partial charge is 0.494 e. The highest BCUT2D eigenvalue weighted by molar-refractivity contribution is 7.89. The van der Waals surface area contributed by atoms with Gasteiger partial charge in [-0.05, 0) is 42.2 Å². The molecule has 1 aromatic heterocycles. The van der Waals surface area contributed by atoms with E-state index in [2.05, 4.69) is 35.6 Å². The van der Waals surface area contributed by atoms with Gasteiger partial charge in [-0.15, -0.1) is 0 Å². The van der Waals surface area contributed by atoms with Crippen molar-refractivity contribution in [1.82, 2.24) is 14.9 Å². The quantitative estimate of drug-likeness (QED) is 0.629. The summed E-state index contributed by atoms with van der Waals surface area (Å²) >= 11 is 0. The maximum Gasteiger partial charge on any atom is 0.242 e. The van der Waals surface area contributed by atoms with Gasteiger partial charge in [-0.1, -0.05) is 50.2 Å². The first kappa shape index (κ1) is 21.0. The molecular weight excluding hydrogens is 390 g/mol. The molecule has 0 unspecified atom stereocenters. The van der Waals surface area contributed by atoms with Crippen LogP contribution in [0.4, 0.5) is 0 Å². The van der Waals surface area contributed by atoms with E-state index in [-0.39, 0.29) is 22.7 Å². The van der Waals surface area contributed by atoms with Crippen LogP contribution < -0.4 is 9.46 Å². The Balaban J connectivity index is 1.67. The topological polar surface area (TPSA) is 94.3 Å². The van der Waals surface area contributed by atoms with Crippen molar-refractivity contribution in [3.8, 4) is 17.1 Å². The first-order valence-electron chi connectivity index (χ1n) is 9.35. The van der Waals surface area contributed by atoms with E-state index in [1.807, 2.05) is 31.2 Å². The van der Waals surface area contributed by atoms with Crippen LogP contribution in [-0.2, 0) is 22.0 Å². The monoisotopic (exact) mass is 415 g/mol. The predicted octanol–water partition coefficient (Wildman–Crippen LogP) is 3.91. The van der Waals surface area contributed by atoms with Crippen LogP contribution in [0.3, 0.4) is 0 Å². The SMILES string of the molecule is CCOc1ccc(S(=O)(=O)NCc2nc(-c3ccc(C(C)(C)C)cc3)no2)cc1. The van der Waals surface area contributed by atoms with Crippen molar-refractivity contribution in [3.63, 3.8) is 0 Å². The molecule has 0 aliphatic heterocycles. The summed E-state index contributed by atoms with van der Waals surface area (Å²) in [5, 5.41) is 3.95. The lowest BCUT2D eigenvalue weighted by Crippen LogP contribution is -2.23. The fourth-order valence-corrected chi connectivity index (χ4v) is 3.66. The van der Waals surface area contributed by atoms with Crippen LogP contribution in [0.1, 0.15) is 39.1 Å². The maximum absolute atomic E-state index is 12.4. The van der Waals surface area contributed by atoms with Gasteiger partial charge in [0.25, 0.3) is 0 Å². The molecule has 0 atom stereocenters. The minimum Gasteiger partial charge on any atom is -0.494 e. The Morgan fingerprint density at radius 3 is 2.28 bits per heavy atom. The van der Waals surface area contributed by atoms with Gasteiger partial charge < -0.3 is 9.26 Å². The second-order valence-electron chi connectivity index (χ2n) is 7.57. The lowest BCUT2D eigenvalue weighted by atomic mass is 9.87. The molecule has 0 saturated carbocycles. The molecule has 0 amide bonds. The molecule has 3 rings (SSSR count). The van der Waals surface area contributed by atoms with Crippen molar-refractivity contribution in [2.24, 2.45) is 0 Å². The molecule has 0 bridgehead atoms. The van der Waals surface area contributed by atoms with E-state index in [9.17, 15) is 8.42 Å². The molecule has 1 N–H and O–H groups in total. The Hall–Kier alpha value is -2.71. The third-order valence-electron chi connectivity index (χ3n) is 4.34. The van der Waals surface area contributed by atoms with Gasteiger partial charge in [0.05, 0.1) is 18.0 Å². The molecule has 0 aliphatic carbocycles. The fourth-order valence-electron chi connectivity index (χ4n) is 2.68. The Bertz CT molecular complexity index is 1050. The van der Waals surface area contributed by atoms with E-state index in [0.29, 0.717) is 18.2 Å². The maximum atomic E-state index is 12.4. The van der Waals surface area contributed by atoms with Crippen LogP contribution in [0.15, 0.2) is 57.9 Å². The summed E-state index contributed by atoms with van der Waals surface area (Å²) in [6, 6.07) is 14.1. The summed E-state index contributed by atoms with van der Waals surface area (Å²) in [5.74, 6) is 1.22. The van der Waals surface area contributed by atoms with Crippen molar-refractivity contribution < 1.29 is 17.7 Å².